The van der Waals surface area contributed by atoms with Gasteiger partial charge < -0.3 is 46.1 Å². The number of amidine groups is 6. The molecule has 19 nitrogen and oxygen atoms in total. The Balaban J connectivity index is 0.000000130. The number of halogens is 6. The van der Waals surface area contributed by atoms with E-state index in [4.69, 9.17) is 101 Å². The van der Waals surface area contributed by atoms with E-state index in [0.29, 0.717) is 84.8 Å². The van der Waals surface area contributed by atoms with Crippen molar-refractivity contribution in [2.75, 3.05) is 59.1 Å². The van der Waals surface area contributed by atoms with Crippen LogP contribution in [0.5, 0.6) is 17.2 Å². The lowest BCUT2D eigenvalue weighted by Gasteiger charge is -2.42. The summed E-state index contributed by atoms with van der Waals surface area (Å²) in [5, 5.41) is 29.0. The zero-order valence-corrected chi connectivity index (χ0v) is 58.1. The Bertz CT molecular complexity index is 3890. The number of nitrogens with two attached hydrogens (primary N) is 3. The van der Waals surface area contributed by atoms with Gasteiger partial charge in [-0.1, -0.05) is 106 Å². The van der Waals surface area contributed by atoms with Crippen molar-refractivity contribution in [2.45, 2.75) is 133 Å². The average Bonchev–Trinajstić information content (AvgIpc) is 1.61. The fourth-order valence-electron chi connectivity index (χ4n) is 14.6. The molecule has 25 heteroatoms. The molecule has 15 rings (SSSR count). The molecule has 10 heterocycles. The Morgan fingerprint density at radius 1 is 0.385 bits per heavy atom. The molecular formula is C71H80Cl6N16O3. The third kappa shape index (κ3) is 17.0. The van der Waals surface area contributed by atoms with Crippen molar-refractivity contribution in [1.82, 2.24) is 34.4 Å². The second kappa shape index (κ2) is 31.3. The number of likely N-dealkylation sites (tertiary alicyclic amines) is 3. The third-order valence-corrected chi connectivity index (χ3v) is 21.2. The highest BCUT2D eigenvalue weighted by Crippen LogP contribution is 2.39. The molecule has 0 unspecified atom stereocenters. The van der Waals surface area contributed by atoms with Crippen LogP contribution in [0.1, 0.15) is 91.2 Å². The second-order valence-electron chi connectivity index (χ2n) is 26.0. The van der Waals surface area contributed by atoms with Crippen LogP contribution in [0, 0.1) is 0 Å². The van der Waals surface area contributed by atoms with Crippen LogP contribution in [0.15, 0.2) is 152 Å². The van der Waals surface area contributed by atoms with E-state index in [1.807, 2.05) is 73.1 Å². The minimum absolute atomic E-state index is 0.202. The molecule has 96 heavy (non-hydrogen) atoms. The fourth-order valence-corrected chi connectivity index (χ4v) is 15.8. The summed E-state index contributed by atoms with van der Waals surface area (Å²) in [4.78, 5) is 19.1. The number of aromatic nitrogens is 1. The van der Waals surface area contributed by atoms with Gasteiger partial charge in [-0.2, -0.15) is 0 Å². The van der Waals surface area contributed by atoms with Gasteiger partial charge in [0, 0.05) is 143 Å². The van der Waals surface area contributed by atoms with E-state index in [-0.39, 0.29) is 18.1 Å². The van der Waals surface area contributed by atoms with Crippen LogP contribution in [-0.2, 0) is 38.9 Å². The number of ether oxygens (including phenoxy) is 3. The topological polar surface area (TPSA) is 212 Å². The zero-order valence-electron chi connectivity index (χ0n) is 53.5. The van der Waals surface area contributed by atoms with E-state index in [0.717, 1.165) is 183 Å². The maximum atomic E-state index is 6.50. The summed E-state index contributed by atoms with van der Waals surface area (Å²) in [6.45, 7) is 10.0. The molecule has 9 aliphatic heterocycles. The standard InChI is InChI=1S/C24H26Cl3N5O.C24H27Cl2N5O.C23H27ClN6O/c25-17-3-1-15(2-4-17)9-20-14-33-24-16(10-18(26)11-21(24)27)13-32(20)19-5-7-31(8-6-19)23-12-22(28)29-30-23;25-18-3-1-16(2-4-18)11-21-15-32-22-6-5-19(26)12-17(22)14-31(21)20-7-9-30(10-8-20)24-13-23(27)28-29-24;24-18-3-1-16(2-4-18)11-20-15-31-21-13-26-8-5-17(21)14-30(20)19-6-9-29(10-7-19)23-12-22(25)27-28-23/h1-4,10-11,19-20H,5-9,12-14H2,(H2,28,29);1-6,12,20-21H,7-11,13-15H2,(H2,27,28);1-5,8,13,19-20H,6-7,9-12,14-15H2,(H2,25,27)/t20-;21-;20-/m000/s1. The summed E-state index contributed by atoms with van der Waals surface area (Å²) in [5.74, 6) is 7.35. The van der Waals surface area contributed by atoms with Crippen molar-refractivity contribution in [3.8, 4) is 17.2 Å². The number of benzene rings is 5. The van der Waals surface area contributed by atoms with Gasteiger partial charge in [0.25, 0.3) is 0 Å². The summed E-state index contributed by atoms with van der Waals surface area (Å²) in [6.07, 6.45) is 14.7. The van der Waals surface area contributed by atoms with Gasteiger partial charge in [0.2, 0.25) is 0 Å². The molecule has 1 aromatic heterocycles. The van der Waals surface area contributed by atoms with Gasteiger partial charge in [0.05, 0.1) is 30.5 Å². The minimum atomic E-state index is 0.202. The van der Waals surface area contributed by atoms with Crippen molar-refractivity contribution in [3.63, 3.8) is 0 Å². The largest absolute Gasteiger partial charge is 0.492 e. The quantitative estimate of drug-likeness (QED) is 0.123. The van der Waals surface area contributed by atoms with Crippen LogP contribution in [0.3, 0.4) is 0 Å². The van der Waals surface area contributed by atoms with Crippen LogP contribution >= 0.6 is 69.6 Å². The number of fused-ring (bicyclic) bond motifs is 3. The molecule has 0 spiro atoms. The highest BCUT2D eigenvalue weighted by atomic mass is 35.5. The van der Waals surface area contributed by atoms with E-state index in [1.54, 1.807) is 6.07 Å². The van der Waals surface area contributed by atoms with E-state index < -0.39 is 0 Å². The van der Waals surface area contributed by atoms with E-state index in [1.165, 1.54) is 22.3 Å². The summed E-state index contributed by atoms with van der Waals surface area (Å²) < 4.78 is 18.7. The van der Waals surface area contributed by atoms with Crippen molar-refractivity contribution in [1.29, 1.82) is 0 Å². The monoisotopic (exact) mass is 1410 g/mol. The summed E-state index contributed by atoms with van der Waals surface area (Å²) >= 11 is 37.5. The first-order valence-electron chi connectivity index (χ1n) is 33.2. The van der Waals surface area contributed by atoms with Crippen LogP contribution < -0.4 is 31.4 Å². The first kappa shape index (κ1) is 67.6. The average molecular weight is 1420 g/mol. The SMILES string of the molecule is NC1=NN=C(N2CCC(N3Cc4cc(Cl)cc(Cl)c4OC[C@@H]3Cc3ccc(Cl)cc3)CC2)C1.NC1=NN=C(N2CCC(N3Cc4cc(Cl)ccc4OC[C@@H]3Cc3ccc(Cl)cc3)CC2)C1.NC1=NN=C(N2CCC(N3Cc4ccncc4OC[C@@H]3Cc3ccc(Cl)cc3)CC2)C1. The van der Waals surface area contributed by atoms with Gasteiger partial charge in [-0.3, -0.25) is 19.7 Å². The molecule has 5 aromatic carbocycles. The Hall–Kier alpha value is -6.91. The number of hydrogen-bond acceptors (Lipinski definition) is 19. The lowest BCUT2D eigenvalue weighted by molar-refractivity contribution is 0.0670. The molecule has 3 atom stereocenters. The molecule has 6 N–H and O–H groups in total. The molecule has 0 aliphatic carbocycles. The maximum absolute atomic E-state index is 6.50. The van der Waals surface area contributed by atoms with Crippen molar-refractivity contribution < 1.29 is 14.2 Å². The predicted molar refractivity (Wildman–Crippen MR) is 387 cm³/mol. The van der Waals surface area contributed by atoms with Gasteiger partial charge in [0.1, 0.15) is 72.1 Å². The molecule has 6 aromatic rings. The van der Waals surface area contributed by atoms with Crippen molar-refractivity contribution >= 4 is 105 Å². The van der Waals surface area contributed by atoms with Crippen LogP contribution in [0.2, 0.25) is 30.1 Å². The summed E-state index contributed by atoms with van der Waals surface area (Å²) in [5.41, 5.74) is 24.6. The Kier molecular flexibility index (Phi) is 22.1. The fraction of sp³-hybridized carbons (Fsp3) is 0.423. The molecule has 504 valence electrons. The number of nitrogens with zero attached hydrogens (tertiary/aromatic N) is 13. The number of piperidine rings is 3. The highest BCUT2D eigenvalue weighted by Gasteiger charge is 2.38. The second-order valence-corrected chi connectivity index (χ2v) is 28.6. The lowest BCUT2D eigenvalue weighted by Crippen LogP contribution is -2.51. The number of hydrogen-bond donors (Lipinski definition) is 3. The van der Waals surface area contributed by atoms with E-state index in [9.17, 15) is 0 Å². The van der Waals surface area contributed by atoms with Gasteiger partial charge in [-0.25, -0.2) is 0 Å². The van der Waals surface area contributed by atoms with Gasteiger partial charge in [-0.15, -0.1) is 30.6 Å². The first-order valence-corrected chi connectivity index (χ1v) is 35.4. The molecular weight excluding hydrogens is 1340 g/mol. The highest BCUT2D eigenvalue weighted by molar-refractivity contribution is 6.36. The Morgan fingerprint density at radius 2 is 0.760 bits per heavy atom. The molecule has 0 saturated carbocycles. The smallest absolute Gasteiger partial charge is 0.142 e. The number of rotatable bonds is 9. The lowest BCUT2D eigenvalue weighted by atomic mass is 9.97. The van der Waals surface area contributed by atoms with Gasteiger partial charge >= 0.3 is 0 Å². The summed E-state index contributed by atoms with van der Waals surface area (Å²) in [6, 6.07) is 38.2. The molecule has 0 amide bonds. The zero-order chi connectivity index (χ0) is 66.2. The molecule has 0 bridgehead atoms. The maximum Gasteiger partial charge on any atom is 0.142 e. The molecule has 3 saturated heterocycles. The normalized spacial score (nSPS) is 22.1. The van der Waals surface area contributed by atoms with Crippen LogP contribution in [0.4, 0.5) is 0 Å². The third-order valence-electron chi connectivity index (χ3n) is 19.7. The summed E-state index contributed by atoms with van der Waals surface area (Å²) in [7, 11) is 0. The van der Waals surface area contributed by atoms with Crippen LogP contribution in [-0.4, -0.2) is 165 Å². The van der Waals surface area contributed by atoms with E-state index >= 15 is 0 Å². The minimum Gasteiger partial charge on any atom is -0.492 e. The predicted octanol–water partition coefficient (Wildman–Crippen LogP) is 12.4. The van der Waals surface area contributed by atoms with E-state index in [2.05, 4.69) is 107 Å². The number of pyridine rings is 1. The Morgan fingerprint density at radius 3 is 1.18 bits per heavy atom. The molecule has 3 fully saturated rings. The van der Waals surface area contributed by atoms with Crippen LogP contribution in [0.25, 0.3) is 0 Å². The molecule has 9 aliphatic rings. The van der Waals surface area contributed by atoms with Crippen molar-refractivity contribution in [3.05, 3.63) is 185 Å². The van der Waals surface area contributed by atoms with Gasteiger partial charge in [0.15, 0.2) is 0 Å². The molecule has 0 radical (unpaired) electrons. The van der Waals surface area contributed by atoms with Gasteiger partial charge in [-0.05, 0) is 147 Å². The Labute approximate surface area is 591 Å². The first-order chi connectivity index (χ1) is 46.7. The van der Waals surface area contributed by atoms with Crippen molar-refractivity contribution in [2.24, 2.45) is 47.8 Å².